The number of hydrogen-bond donors (Lipinski definition) is 2. The van der Waals surface area contributed by atoms with Gasteiger partial charge < -0.3 is 15.2 Å². The Morgan fingerprint density at radius 1 is 1.38 bits per heavy atom. The summed E-state index contributed by atoms with van der Waals surface area (Å²) in [5, 5.41) is 13.2. The monoisotopic (exact) mass is 292 g/mol. The first kappa shape index (κ1) is 15.8. The van der Waals surface area contributed by atoms with Crippen LogP contribution in [0.15, 0.2) is 24.3 Å². The number of para-hydroxylation sites is 1. The van der Waals surface area contributed by atoms with E-state index in [-0.39, 0.29) is 0 Å². The Bertz CT molecular complexity index is 484. The van der Waals surface area contributed by atoms with Crippen molar-refractivity contribution < 1.29 is 14.6 Å². The Morgan fingerprint density at radius 3 is 2.86 bits per heavy atom. The van der Waals surface area contributed by atoms with Crippen LogP contribution in [0.25, 0.3) is 0 Å². The summed E-state index contributed by atoms with van der Waals surface area (Å²) in [6.45, 7) is 7.41. The molecule has 1 heterocycles. The van der Waals surface area contributed by atoms with Crippen molar-refractivity contribution >= 4 is 5.97 Å². The zero-order chi connectivity index (χ0) is 15.3. The molecule has 1 aliphatic heterocycles. The van der Waals surface area contributed by atoms with Crippen LogP contribution in [-0.4, -0.2) is 48.8 Å². The third-order valence-corrected chi connectivity index (χ3v) is 4.10. The Hall–Kier alpha value is -1.59. The van der Waals surface area contributed by atoms with Gasteiger partial charge >= 0.3 is 5.97 Å². The van der Waals surface area contributed by atoms with Crippen molar-refractivity contribution in [3.63, 3.8) is 0 Å². The van der Waals surface area contributed by atoms with Crippen LogP contribution >= 0.6 is 0 Å². The maximum atomic E-state index is 12.1. The Kier molecular flexibility index (Phi) is 5.20. The first-order chi connectivity index (χ1) is 10.1. The predicted octanol–water partition coefficient (Wildman–Crippen LogP) is 1.68. The van der Waals surface area contributed by atoms with Crippen molar-refractivity contribution in [3.05, 3.63) is 29.8 Å². The first-order valence-electron chi connectivity index (χ1n) is 7.52. The second kappa shape index (κ2) is 6.91. The molecule has 1 unspecified atom stereocenters. The molecule has 0 aliphatic carbocycles. The average molecular weight is 292 g/mol. The largest absolute Gasteiger partial charge is 0.494 e. The molecule has 116 valence electrons. The Balaban J connectivity index is 2.43. The summed E-state index contributed by atoms with van der Waals surface area (Å²) >= 11 is 0. The number of benzene rings is 1. The number of nitrogens with zero attached hydrogens (tertiary/aromatic N) is 1. The van der Waals surface area contributed by atoms with Gasteiger partial charge in [-0.1, -0.05) is 18.2 Å². The molecular weight excluding hydrogens is 268 g/mol. The van der Waals surface area contributed by atoms with Gasteiger partial charge in [0.1, 0.15) is 11.3 Å². The maximum Gasteiger partial charge on any atom is 0.328 e. The highest BCUT2D eigenvalue weighted by molar-refractivity contribution is 5.81. The van der Waals surface area contributed by atoms with Crippen molar-refractivity contribution in [2.45, 2.75) is 25.8 Å². The summed E-state index contributed by atoms with van der Waals surface area (Å²) in [5.41, 5.74) is -0.348. The molecule has 1 aromatic rings. The van der Waals surface area contributed by atoms with Crippen LogP contribution in [-0.2, 0) is 10.3 Å². The van der Waals surface area contributed by atoms with Gasteiger partial charge in [-0.2, -0.15) is 0 Å². The molecule has 5 nitrogen and oxygen atoms in total. The fourth-order valence-electron chi connectivity index (χ4n) is 2.86. The van der Waals surface area contributed by atoms with Crippen LogP contribution in [0.1, 0.15) is 25.8 Å². The van der Waals surface area contributed by atoms with Gasteiger partial charge in [-0.05, 0) is 32.9 Å². The van der Waals surface area contributed by atoms with E-state index in [2.05, 4.69) is 5.32 Å². The minimum Gasteiger partial charge on any atom is -0.494 e. The van der Waals surface area contributed by atoms with Crippen molar-refractivity contribution in [1.29, 1.82) is 0 Å². The Labute approximate surface area is 125 Å². The SMILES string of the molecule is CCOc1ccccc1C(C)(C(=O)O)N1CCCNCC1. The van der Waals surface area contributed by atoms with Crippen LogP contribution in [0.2, 0.25) is 0 Å². The van der Waals surface area contributed by atoms with Crippen molar-refractivity contribution in [2.24, 2.45) is 0 Å². The molecule has 0 amide bonds. The fourth-order valence-corrected chi connectivity index (χ4v) is 2.86. The lowest BCUT2D eigenvalue weighted by molar-refractivity contribution is -0.151. The summed E-state index contributed by atoms with van der Waals surface area (Å²) < 4.78 is 5.65. The van der Waals surface area contributed by atoms with E-state index >= 15 is 0 Å². The molecule has 5 heteroatoms. The van der Waals surface area contributed by atoms with Gasteiger partial charge in [0.25, 0.3) is 0 Å². The van der Waals surface area contributed by atoms with Crippen molar-refractivity contribution in [1.82, 2.24) is 10.2 Å². The fraction of sp³-hybridized carbons (Fsp3) is 0.562. The number of carbonyl (C=O) groups is 1. The molecule has 1 aliphatic rings. The van der Waals surface area contributed by atoms with Gasteiger partial charge in [-0.3, -0.25) is 4.90 Å². The van der Waals surface area contributed by atoms with Gasteiger partial charge in [0.05, 0.1) is 6.61 Å². The minimum absolute atomic E-state index is 0.522. The van der Waals surface area contributed by atoms with E-state index in [4.69, 9.17) is 4.74 Å². The number of carboxylic acid groups (broad SMARTS) is 1. The van der Waals surface area contributed by atoms with Crippen molar-refractivity contribution in [2.75, 3.05) is 32.8 Å². The zero-order valence-corrected chi connectivity index (χ0v) is 12.8. The van der Waals surface area contributed by atoms with E-state index in [0.29, 0.717) is 18.9 Å². The quantitative estimate of drug-likeness (QED) is 0.864. The lowest BCUT2D eigenvalue weighted by Crippen LogP contribution is -2.51. The van der Waals surface area contributed by atoms with E-state index in [1.54, 1.807) is 6.92 Å². The average Bonchev–Trinajstić information content (AvgIpc) is 2.76. The smallest absolute Gasteiger partial charge is 0.328 e. The van der Waals surface area contributed by atoms with Crippen LogP contribution in [0, 0.1) is 0 Å². The van der Waals surface area contributed by atoms with E-state index in [0.717, 1.165) is 31.6 Å². The van der Waals surface area contributed by atoms with Crippen LogP contribution in [0.3, 0.4) is 0 Å². The molecule has 0 radical (unpaired) electrons. The van der Waals surface area contributed by atoms with Gasteiger partial charge in [-0.25, -0.2) is 4.79 Å². The topological polar surface area (TPSA) is 61.8 Å². The molecule has 1 aromatic carbocycles. The minimum atomic E-state index is -1.07. The second-order valence-corrected chi connectivity index (χ2v) is 5.40. The molecule has 2 N–H and O–H groups in total. The second-order valence-electron chi connectivity index (χ2n) is 5.40. The van der Waals surface area contributed by atoms with Crippen LogP contribution in [0.4, 0.5) is 0 Å². The summed E-state index contributed by atoms with van der Waals surface area (Å²) in [6.07, 6.45) is 0.944. The molecule has 0 aromatic heterocycles. The summed E-state index contributed by atoms with van der Waals surface area (Å²) in [6, 6.07) is 7.45. The van der Waals surface area contributed by atoms with Crippen molar-refractivity contribution in [3.8, 4) is 5.75 Å². The Morgan fingerprint density at radius 2 is 2.14 bits per heavy atom. The molecule has 0 bridgehead atoms. The van der Waals surface area contributed by atoms with E-state index < -0.39 is 11.5 Å². The third kappa shape index (κ3) is 3.19. The lowest BCUT2D eigenvalue weighted by atomic mass is 9.88. The maximum absolute atomic E-state index is 12.1. The standard InChI is InChI=1S/C16H24N2O3/c1-3-21-14-8-5-4-7-13(14)16(2,15(19)20)18-11-6-9-17-10-12-18/h4-5,7-8,17H,3,6,9-12H2,1-2H3,(H,19,20). The molecule has 1 atom stereocenters. The molecule has 21 heavy (non-hydrogen) atoms. The highest BCUT2D eigenvalue weighted by Gasteiger charge is 2.43. The summed E-state index contributed by atoms with van der Waals surface area (Å²) in [4.78, 5) is 14.1. The summed E-state index contributed by atoms with van der Waals surface area (Å²) in [5.74, 6) is -0.182. The number of aliphatic carboxylic acids is 1. The van der Waals surface area contributed by atoms with Gasteiger partial charge in [0, 0.05) is 25.2 Å². The van der Waals surface area contributed by atoms with Gasteiger partial charge in [-0.15, -0.1) is 0 Å². The normalized spacial score (nSPS) is 19.5. The predicted molar refractivity (Wildman–Crippen MR) is 81.7 cm³/mol. The molecule has 0 saturated carbocycles. The van der Waals surface area contributed by atoms with E-state index in [1.165, 1.54) is 0 Å². The number of rotatable bonds is 5. The van der Waals surface area contributed by atoms with Gasteiger partial charge in [0.2, 0.25) is 0 Å². The zero-order valence-electron chi connectivity index (χ0n) is 12.8. The van der Waals surface area contributed by atoms with Crippen LogP contribution < -0.4 is 10.1 Å². The number of ether oxygens (including phenoxy) is 1. The highest BCUT2D eigenvalue weighted by atomic mass is 16.5. The third-order valence-electron chi connectivity index (χ3n) is 4.10. The lowest BCUT2D eigenvalue weighted by Gasteiger charge is -2.38. The highest BCUT2D eigenvalue weighted by Crippen LogP contribution is 2.35. The first-order valence-corrected chi connectivity index (χ1v) is 7.52. The molecule has 2 rings (SSSR count). The number of nitrogens with one attached hydrogen (secondary N) is 1. The van der Waals surface area contributed by atoms with E-state index in [9.17, 15) is 9.90 Å². The number of carboxylic acids is 1. The molecule has 1 fully saturated rings. The molecule has 1 saturated heterocycles. The number of hydrogen-bond acceptors (Lipinski definition) is 4. The molecular formula is C16H24N2O3. The van der Waals surface area contributed by atoms with E-state index in [1.807, 2.05) is 36.1 Å². The van der Waals surface area contributed by atoms with Gasteiger partial charge in [0.15, 0.2) is 0 Å². The molecule has 0 spiro atoms. The summed E-state index contributed by atoms with van der Waals surface area (Å²) in [7, 11) is 0. The van der Waals surface area contributed by atoms with Crippen LogP contribution in [0.5, 0.6) is 5.75 Å².